The Kier molecular flexibility index (Phi) is 5.38. The number of carbonyl (C=O) groups is 1. The molecule has 3 N–H and O–H groups in total. The second-order valence-corrected chi connectivity index (χ2v) is 5.71. The summed E-state index contributed by atoms with van der Waals surface area (Å²) in [6.45, 7) is 3.98. The lowest BCUT2D eigenvalue weighted by Gasteiger charge is -2.04. The van der Waals surface area contributed by atoms with Crippen molar-refractivity contribution in [3.8, 4) is 0 Å². The van der Waals surface area contributed by atoms with Crippen LogP contribution in [0.2, 0.25) is 0 Å². The number of carbonyl (C=O) groups excluding carboxylic acids is 1. The molecule has 0 atom stereocenters. The van der Waals surface area contributed by atoms with Crippen LogP contribution in [0.1, 0.15) is 29.4 Å². The second kappa shape index (κ2) is 7.26. The van der Waals surface area contributed by atoms with E-state index in [-0.39, 0.29) is 5.91 Å². The summed E-state index contributed by atoms with van der Waals surface area (Å²) >= 11 is 1.48. The Labute approximate surface area is 122 Å². The Morgan fingerprint density at radius 3 is 3.00 bits per heavy atom. The van der Waals surface area contributed by atoms with E-state index in [9.17, 15) is 4.79 Å². The smallest absolute Gasteiger partial charge is 0.261 e. The SMILES string of the molecule is CCCCOCCNC(=O)c1cc2cc(N)ccc2s1. The van der Waals surface area contributed by atoms with Crippen molar-refractivity contribution in [2.24, 2.45) is 0 Å². The highest BCUT2D eigenvalue weighted by atomic mass is 32.1. The average molecular weight is 292 g/mol. The van der Waals surface area contributed by atoms with Crippen LogP contribution >= 0.6 is 11.3 Å². The highest BCUT2D eigenvalue weighted by molar-refractivity contribution is 7.20. The number of anilines is 1. The van der Waals surface area contributed by atoms with Gasteiger partial charge in [-0.05, 0) is 36.1 Å². The minimum absolute atomic E-state index is 0.0520. The van der Waals surface area contributed by atoms with Gasteiger partial charge >= 0.3 is 0 Å². The number of hydrogen-bond donors (Lipinski definition) is 2. The highest BCUT2D eigenvalue weighted by Gasteiger charge is 2.09. The number of nitrogens with one attached hydrogen (secondary N) is 1. The molecule has 1 heterocycles. The number of nitrogen functional groups attached to an aromatic ring is 1. The lowest BCUT2D eigenvalue weighted by molar-refractivity contribution is 0.0916. The third kappa shape index (κ3) is 3.95. The maximum Gasteiger partial charge on any atom is 0.261 e. The van der Waals surface area contributed by atoms with Gasteiger partial charge in [-0.2, -0.15) is 0 Å². The zero-order chi connectivity index (χ0) is 14.4. The van der Waals surface area contributed by atoms with Crippen molar-refractivity contribution in [2.45, 2.75) is 19.8 Å². The van der Waals surface area contributed by atoms with E-state index < -0.39 is 0 Å². The number of rotatable bonds is 7. The van der Waals surface area contributed by atoms with Crippen LogP contribution in [-0.2, 0) is 4.74 Å². The molecule has 1 aromatic carbocycles. The van der Waals surface area contributed by atoms with Gasteiger partial charge in [0.25, 0.3) is 5.91 Å². The number of thiophene rings is 1. The second-order valence-electron chi connectivity index (χ2n) is 4.63. The molecule has 0 aliphatic carbocycles. The fraction of sp³-hybridized carbons (Fsp3) is 0.400. The van der Waals surface area contributed by atoms with Gasteiger partial charge in [-0.15, -0.1) is 11.3 Å². The molecule has 0 radical (unpaired) electrons. The summed E-state index contributed by atoms with van der Waals surface area (Å²) in [6, 6.07) is 7.56. The minimum atomic E-state index is -0.0520. The molecule has 4 nitrogen and oxygen atoms in total. The fourth-order valence-electron chi connectivity index (χ4n) is 1.85. The van der Waals surface area contributed by atoms with Crippen LogP contribution in [0.3, 0.4) is 0 Å². The van der Waals surface area contributed by atoms with Crippen molar-refractivity contribution in [1.29, 1.82) is 0 Å². The molecular weight excluding hydrogens is 272 g/mol. The Morgan fingerprint density at radius 2 is 2.20 bits per heavy atom. The minimum Gasteiger partial charge on any atom is -0.399 e. The van der Waals surface area contributed by atoms with Crippen molar-refractivity contribution >= 4 is 33.0 Å². The van der Waals surface area contributed by atoms with Crippen molar-refractivity contribution in [2.75, 3.05) is 25.5 Å². The number of unbranched alkanes of at least 4 members (excludes halogenated alkanes) is 1. The van der Waals surface area contributed by atoms with E-state index in [1.165, 1.54) is 11.3 Å². The molecule has 20 heavy (non-hydrogen) atoms. The standard InChI is InChI=1S/C15H20N2O2S/c1-2-3-7-19-8-6-17-15(18)14-10-11-9-12(16)4-5-13(11)20-14/h4-5,9-10H,2-3,6-8,16H2,1H3,(H,17,18). The molecule has 2 rings (SSSR count). The molecule has 0 spiro atoms. The molecule has 0 saturated heterocycles. The van der Waals surface area contributed by atoms with Gasteiger partial charge in [0.15, 0.2) is 0 Å². The highest BCUT2D eigenvalue weighted by Crippen LogP contribution is 2.27. The molecule has 0 fully saturated rings. The molecule has 108 valence electrons. The number of ether oxygens (including phenoxy) is 1. The first kappa shape index (κ1) is 14.8. The summed E-state index contributed by atoms with van der Waals surface area (Å²) < 4.78 is 6.48. The third-order valence-electron chi connectivity index (χ3n) is 2.94. The summed E-state index contributed by atoms with van der Waals surface area (Å²) in [5, 5.41) is 3.88. The zero-order valence-electron chi connectivity index (χ0n) is 11.6. The first-order chi connectivity index (χ1) is 9.70. The molecule has 0 aliphatic heterocycles. The van der Waals surface area contributed by atoms with Gasteiger partial charge in [0.05, 0.1) is 11.5 Å². The molecule has 0 unspecified atom stereocenters. The van der Waals surface area contributed by atoms with Crippen LogP contribution in [0, 0.1) is 0 Å². The zero-order valence-corrected chi connectivity index (χ0v) is 12.5. The number of nitrogens with two attached hydrogens (primary N) is 1. The van der Waals surface area contributed by atoms with E-state index in [1.807, 2.05) is 24.3 Å². The summed E-state index contributed by atoms with van der Waals surface area (Å²) in [6.07, 6.45) is 2.18. The summed E-state index contributed by atoms with van der Waals surface area (Å²) in [5.41, 5.74) is 6.45. The summed E-state index contributed by atoms with van der Waals surface area (Å²) in [5.74, 6) is -0.0520. The van der Waals surface area contributed by atoms with E-state index in [4.69, 9.17) is 10.5 Å². The predicted octanol–water partition coefficient (Wildman–Crippen LogP) is 3.03. The molecule has 1 amide bonds. The molecule has 2 aromatic rings. The van der Waals surface area contributed by atoms with E-state index in [0.29, 0.717) is 23.7 Å². The number of benzene rings is 1. The Hall–Kier alpha value is -1.59. The van der Waals surface area contributed by atoms with Crippen molar-refractivity contribution < 1.29 is 9.53 Å². The maximum absolute atomic E-state index is 12.0. The Morgan fingerprint density at radius 1 is 1.35 bits per heavy atom. The van der Waals surface area contributed by atoms with E-state index in [2.05, 4.69) is 12.2 Å². The van der Waals surface area contributed by atoms with Gasteiger partial charge in [-0.3, -0.25) is 4.79 Å². The van der Waals surface area contributed by atoms with Crippen molar-refractivity contribution in [1.82, 2.24) is 5.32 Å². The quantitative estimate of drug-likeness (QED) is 0.609. The Bertz CT molecular complexity index is 580. The van der Waals surface area contributed by atoms with Gasteiger partial charge < -0.3 is 15.8 Å². The van der Waals surface area contributed by atoms with E-state index in [1.54, 1.807) is 0 Å². The van der Waals surface area contributed by atoms with E-state index in [0.717, 1.165) is 29.5 Å². The average Bonchev–Trinajstić information content (AvgIpc) is 2.85. The van der Waals surface area contributed by atoms with Crippen LogP contribution in [0.5, 0.6) is 0 Å². The van der Waals surface area contributed by atoms with Gasteiger partial charge in [-0.1, -0.05) is 13.3 Å². The summed E-state index contributed by atoms with van der Waals surface area (Å²) in [4.78, 5) is 12.7. The monoisotopic (exact) mass is 292 g/mol. The molecular formula is C15H20N2O2S. The number of hydrogen-bond acceptors (Lipinski definition) is 4. The number of amides is 1. The van der Waals surface area contributed by atoms with Gasteiger partial charge in [-0.25, -0.2) is 0 Å². The van der Waals surface area contributed by atoms with Crippen LogP contribution < -0.4 is 11.1 Å². The molecule has 5 heteroatoms. The largest absolute Gasteiger partial charge is 0.399 e. The third-order valence-corrected chi connectivity index (χ3v) is 4.05. The van der Waals surface area contributed by atoms with Crippen LogP contribution in [0.15, 0.2) is 24.3 Å². The first-order valence-corrected chi connectivity index (χ1v) is 7.67. The lowest BCUT2D eigenvalue weighted by Crippen LogP contribution is -2.26. The van der Waals surface area contributed by atoms with Gasteiger partial charge in [0.2, 0.25) is 0 Å². The molecule has 0 aliphatic rings. The number of fused-ring (bicyclic) bond motifs is 1. The topological polar surface area (TPSA) is 64.3 Å². The van der Waals surface area contributed by atoms with E-state index >= 15 is 0 Å². The molecule has 1 aromatic heterocycles. The van der Waals surface area contributed by atoms with Crippen LogP contribution in [0.4, 0.5) is 5.69 Å². The molecule has 0 saturated carbocycles. The fourth-order valence-corrected chi connectivity index (χ4v) is 2.81. The normalized spacial score (nSPS) is 10.8. The predicted molar refractivity (Wildman–Crippen MR) is 84.3 cm³/mol. The van der Waals surface area contributed by atoms with Gasteiger partial charge in [0.1, 0.15) is 0 Å². The van der Waals surface area contributed by atoms with Gasteiger partial charge in [0, 0.05) is 23.5 Å². The van der Waals surface area contributed by atoms with Crippen molar-refractivity contribution in [3.05, 3.63) is 29.1 Å². The molecule has 0 bridgehead atoms. The maximum atomic E-state index is 12.0. The van der Waals surface area contributed by atoms with Crippen LogP contribution in [-0.4, -0.2) is 25.7 Å². The lowest BCUT2D eigenvalue weighted by atomic mass is 10.2. The van der Waals surface area contributed by atoms with Crippen molar-refractivity contribution in [3.63, 3.8) is 0 Å². The Balaban J connectivity index is 1.85. The first-order valence-electron chi connectivity index (χ1n) is 6.85. The van der Waals surface area contributed by atoms with Crippen LogP contribution in [0.25, 0.3) is 10.1 Å². The summed E-state index contributed by atoms with van der Waals surface area (Å²) in [7, 11) is 0.